The second-order valence-corrected chi connectivity index (χ2v) is 10.7. The van der Waals surface area contributed by atoms with Crippen molar-refractivity contribution in [3.8, 4) is 11.1 Å². The number of halogens is 3. The summed E-state index contributed by atoms with van der Waals surface area (Å²) >= 11 is 13.2. The third-order valence-electron chi connectivity index (χ3n) is 4.84. The summed E-state index contributed by atoms with van der Waals surface area (Å²) in [5.41, 5.74) is 1.24. The number of pyridine rings is 1. The second-order valence-electron chi connectivity index (χ2n) is 6.96. The van der Waals surface area contributed by atoms with Gasteiger partial charge in [0.25, 0.3) is 0 Å². The number of carbonyl (C=O) groups is 1. The van der Waals surface area contributed by atoms with E-state index < -0.39 is 27.8 Å². The van der Waals surface area contributed by atoms with Gasteiger partial charge >= 0.3 is 0 Å². The molecule has 0 spiro atoms. The van der Waals surface area contributed by atoms with Gasteiger partial charge in [0.2, 0.25) is 15.9 Å². The van der Waals surface area contributed by atoms with Crippen molar-refractivity contribution in [1.82, 2.24) is 9.71 Å². The number of amides is 1. The Bertz CT molecular complexity index is 1310. The van der Waals surface area contributed by atoms with Gasteiger partial charge in [0, 0.05) is 34.8 Å². The van der Waals surface area contributed by atoms with Crippen molar-refractivity contribution in [2.24, 2.45) is 0 Å². The zero-order valence-electron chi connectivity index (χ0n) is 16.3. The fourth-order valence-electron chi connectivity index (χ4n) is 3.34. The van der Waals surface area contributed by atoms with Gasteiger partial charge in [0.15, 0.2) is 0 Å². The maximum Gasteiger partial charge on any atom is 0.245 e. The third kappa shape index (κ3) is 5.02. The fourth-order valence-corrected chi connectivity index (χ4v) is 5.64. The molecule has 1 aromatic carbocycles. The molecule has 1 aliphatic heterocycles. The smallest absolute Gasteiger partial charge is 0.245 e. The van der Waals surface area contributed by atoms with Gasteiger partial charge < -0.3 is 4.90 Å². The molecule has 6 nitrogen and oxygen atoms in total. The lowest BCUT2D eigenvalue weighted by molar-refractivity contribution is -0.118. The number of thiophene rings is 1. The predicted molar refractivity (Wildman–Crippen MR) is 126 cm³/mol. The monoisotopic (exact) mass is 511 g/mol. The largest absolute Gasteiger partial charge is 0.308 e. The minimum absolute atomic E-state index is 0.0781. The van der Waals surface area contributed by atoms with Gasteiger partial charge in [-0.2, -0.15) is 4.72 Å². The molecule has 3 aromatic rings. The van der Waals surface area contributed by atoms with Gasteiger partial charge in [-0.1, -0.05) is 29.3 Å². The van der Waals surface area contributed by atoms with Crippen LogP contribution in [0.15, 0.2) is 54.2 Å². The first kappa shape index (κ1) is 22.9. The van der Waals surface area contributed by atoms with Gasteiger partial charge in [-0.05, 0) is 48.4 Å². The number of benzene rings is 1. The Morgan fingerprint density at radius 3 is 2.72 bits per heavy atom. The van der Waals surface area contributed by atoms with Crippen molar-refractivity contribution in [2.45, 2.75) is 12.5 Å². The minimum Gasteiger partial charge on any atom is -0.308 e. The van der Waals surface area contributed by atoms with E-state index in [0.29, 0.717) is 25.4 Å². The van der Waals surface area contributed by atoms with Gasteiger partial charge in [-0.3, -0.25) is 9.78 Å². The summed E-state index contributed by atoms with van der Waals surface area (Å²) < 4.78 is 42.5. The average molecular weight is 512 g/mol. The molecule has 0 radical (unpaired) electrons. The lowest BCUT2D eigenvalue weighted by Gasteiger charge is -2.18. The third-order valence-corrected chi connectivity index (χ3v) is 7.44. The first-order valence-electron chi connectivity index (χ1n) is 9.40. The quantitative estimate of drug-likeness (QED) is 0.507. The molecule has 4 rings (SSSR count). The van der Waals surface area contributed by atoms with Crippen LogP contribution in [0.4, 0.5) is 10.1 Å². The Balaban J connectivity index is 1.48. The number of sulfonamides is 1. The van der Waals surface area contributed by atoms with Crippen LogP contribution in [0.5, 0.6) is 0 Å². The number of nitrogens with zero attached hydrogens (tertiary/aromatic N) is 2. The van der Waals surface area contributed by atoms with E-state index in [1.165, 1.54) is 40.6 Å². The lowest BCUT2D eigenvalue weighted by Crippen LogP contribution is -2.40. The minimum atomic E-state index is -3.88. The number of anilines is 1. The van der Waals surface area contributed by atoms with Crippen LogP contribution < -0.4 is 9.62 Å². The number of aromatic nitrogens is 1. The molecule has 0 saturated carbocycles. The zero-order chi connectivity index (χ0) is 22.9. The Labute approximate surface area is 198 Å². The van der Waals surface area contributed by atoms with E-state index in [9.17, 15) is 17.6 Å². The summed E-state index contributed by atoms with van der Waals surface area (Å²) in [6, 6.07) is 8.46. The van der Waals surface area contributed by atoms with Crippen LogP contribution in [-0.2, 0) is 14.8 Å². The molecular formula is C21H16Cl2FN3O3S2. The molecule has 1 fully saturated rings. The molecule has 1 saturated heterocycles. The van der Waals surface area contributed by atoms with Gasteiger partial charge in [0.05, 0.1) is 15.0 Å². The number of rotatable bonds is 6. The SMILES string of the molecule is O=C1C(NS(=O)(=O)/C=C/c2ccc(Cl)s2)CCN1c1ccc(-c2ccncc2Cl)cc1F. The van der Waals surface area contributed by atoms with E-state index in [1.54, 1.807) is 30.5 Å². The van der Waals surface area contributed by atoms with Crippen molar-refractivity contribution in [3.63, 3.8) is 0 Å². The number of nitrogens with one attached hydrogen (secondary N) is 1. The summed E-state index contributed by atoms with van der Waals surface area (Å²) in [6.07, 6.45) is 4.63. The van der Waals surface area contributed by atoms with Crippen molar-refractivity contribution < 1.29 is 17.6 Å². The molecule has 2 aromatic heterocycles. The molecule has 1 aliphatic rings. The van der Waals surface area contributed by atoms with E-state index in [1.807, 2.05) is 0 Å². The molecule has 166 valence electrons. The standard InChI is InChI=1S/C21H16Cl2FN3O3S2/c22-16-12-25-8-5-15(16)13-1-3-19(17(24)11-13)27-9-6-18(21(27)28)26-32(29,30)10-7-14-2-4-20(23)31-14/h1-5,7-8,10-12,18,26H,6,9H2/b10-7+. The van der Waals surface area contributed by atoms with Crippen LogP contribution in [0, 0.1) is 5.82 Å². The maximum atomic E-state index is 14.9. The highest BCUT2D eigenvalue weighted by atomic mass is 35.5. The van der Waals surface area contributed by atoms with Gasteiger partial charge in [0.1, 0.15) is 11.9 Å². The molecule has 11 heteroatoms. The van der Waals surface area contributed by atoms with Crippen LogP contribution in [-0.4, -0.2) is 31.9 Å². The first-order valence-corrected chi connectivity index (χ1v) is 12.5. The van der Waals surface area contributed by atoms with E-state index in [-0.39, 0.29) is 18.7 Å². The highest BCUT2D eigenvalue weighted by Crippen LogP contribution is 2.32. The van der Waals surface area contributed by atoms with Crippen LogP contribution >= 0.6 is 34.5 Å². The topological polar surface area (TPSA) is 79.4 Å². The van der Waals surface area contributed by atoms with E-state index in [2.05, 4.69) is 9.71 Å². The summed E-state index contributed by atoms with van der Waals surface area (Å²) in [5.74, 6) is -1.13. The number of hydrogen-bond donors (Lipinski definition) is 1. The normalized spacial score (nSPS) is 16.9. The van der Waals surface area contributed by atoms with E-state index >= 15 is 0 Å². The molecule has 1 amide bonds. The Hall–Kier alpha value is -2.30. The van der Waals surface area contributed by atoms with E-state index in [0.717, 1.165) is 5.41 Å². The Morgan fingerprint density at radius 1 is 1.22 bits per heavy atom. The molecule has 3 heterocycles. The number of carbonyl (C=O) groups excluding carboxylic acids is 1. The fraction of sp³-hybridized carbons (Fsp3) is 0.143. The summed E-state index contributed by atoms with van der Waals surface area (Å²) in [7, 11) is -3.88. The van der Waals surface area contributed by atoms with Gasteiger partial charge in [-0.25, -0.2) is 12.8 Å². The molecule has 0 bridgehead atoms. The van der Waals surface area contributed by atoms with Crippen molar-refractivity contribution in [1.29, 1.82) is 0 Å². The van der Waals surface area contributed by atoms with Crippen molar-refractivity contribution >= 4 is 62.2 Å². The molecule has 1 atom stereocenters. The van der Waals surface area contributed by atoms with Crippen LogP contribution in [0.25, 0.3) is 17.2 Å². The molecule has 1 N–H and O–H groups in total. The highest BCUT2D eigenvalue weighted by Gasteiger charge is 2.36. The van der Waals surface area contributed by atoms with Crippen LogP contribution in [0.2, 0.25) is 9.36 Å². The second kappa shape index (κ2) is 9.29. The molecular weight excluding hydrogens is 496 g/mol. The summed E-state index contributed by atoms with van der Waals surface area (Å²) in [6.45, 7) is 0.183. The van der Waals surface area contributed by atoms with Gasteiger partial charge in [-0.15, -0.1) is 11.3 Å². The van der Waals surface area contributed by atoms with E-state index in [4.69, 9.17) is 23.2 Å². The lowest BCUT2D eigenvalue weighted by atomic mass is 10.1. The molecule has 1 unspecified atom stereocenters. The maximum absolute atomic E-state index is 14.9. The molecule has 0 aliphatic carbocycles. The van der Waals surface area contributed by atoms with Crippen molar-refractivity contribution in [3.05, 3.63) is 74.3 Å². The highest BCUT2D eigenvalue weighted by molar-refractivity contribution is 7.92. The van der Waals surface area contributed by atoms with Crippen molar-refractivity contribution in [2.75, 3.05) is 11.4 Å². The average Bonchev–Trinajstić information content (AvgIpc) is 3.32. The summed E-state index contributed by atoms with van der Waals surface area (Å²) in [4.78, 5) is 18.6. The predicted octanol–water partition coefficient (Wildman–Crippen LogP) is 4.95. The zero-order valence-corrected chi connectivity index (χ0v) is 19.5. The van der Waals surface area contributed by atoms with Crippen LogP contribution in [0.3, 0.4) is 0 Å². The Morgan fingerprint density at radius 2 is 2.03 bits per heavy atom. The Kier molecular flexibility index (Phi) is 6.64. The summed E-state index contributed by atoms with van der Waals surface area (Å²) in [5, 5.41) is 1.36. The van der Waals surface area contributed by atoms with Crippen LogP contribution in [0.1, 0.15) is 11.3 Å². The molecule has 32 heavy (non-hydrogen) atoms. The first-order chi connectivity index (χ1) is 15.2. The number of hydrogen-bond acceptors (Lipinski definition) is 5.